The van der Waals surface area contributed by atoms with Gasteiger partial charge in [0.25, 0.3) is 0 Å². The Kier molecular flexibility index (Phi) is 3.88. The first-order chi connectivity index (χ1) is 8.90. The molecular formula is C15H13ClF2O. The van der Waals surface area contributed by atoms with Crippen molar-refractivity contribution in [2.45, 2.75) is 18.9 Å². The normalized spacial score (nSPS) is 14.2. The van der Waals surface area contributed by atoms with Crippen LogP contribution in [-0.4, -0.2) is 5.11 Å². The van der Waals surface area contributed by atoms with E-state index in [1.807, 2.05) is 0 Å². The van der Waals surface area contributed by atoms with Gasteiger partial charge < -0.3 is 5.11 Å². The molecule has 0 aromatic heterocycles. The molecule has 100 valence electrons. The fraction of sp³-hybridized carbons (Fsp3) is 0.200. The van der Waals surface area contributed by atoms with Crippen LogP contribution in [0.25, 0.3) is 0 Å². The highest BCUT2D eigenvalue weighted by molar-refractivity contribution is 6.30. The van der Waals surface area contributed by atoms with E-state index in [1.165, 1.54) is 30.3 Å². The van der Waals surface area contributed by atoms with Gasteiger partial charge >= 0.3 is 0 Å². The van der Waals surface area contributed by atoms with Crippen molar-refractivity contribution in [1.29, 1.82) is 0 Å². The maximum atomic E-state index is 13.8. The van der Waals surface area contributed by atoms with Crippen LogP contribution in [-0.2, 0) is 12.0 Å². The highest BCUT2D eigenvalue weighted by atomic mass is 35.5. The standard InChI is InChI=1S/C15H13ClF2O/c1-15(19,11-5-7-12(17)8-6-11)9-10-3-2-4-13(16)14(10)18/h2-8,19H,9H2,1H3. The molecule has 0 aliphatic carbocycles. The summed E-state index contributed by atoms with van der Waals surface area (Å²) in [5.74, 6) is -0.917. The van der Waals surface area contributed by atoms with Crippen molar-refractivity contribution in [2.75, 3.05) is 0 Å². The minimum absolute atomic E-state index is 0.0207. The van der Waals surface area contributed by atoms with Crippen LogP contribution in [0.15, 0.2) is 42.5 Å². The van der Waals surface area contributed by atoms with Gasteiger partial charge in [-0.15, -0.1) is 0 Å². The molecular weight excluding hydrogens is 270 g/mol. The molecule has 2 rings (SSSR count). The molecule has 4 heteroatoms. The van der Waals surface area contributed by atoms with Gasteiger partial charge in [-0.05, 0) is 36.2 Å². The Bertz CT molecular complexity index is 579. The molecule has 0 radical (unpaired) electrons. The second-order valence-corrected chi connectivity index (χ2v) is 5.08. The van der Waals surface area contributed by atoms with Crippen molar-refractivity contribution in [3.05, 3.63) is 70.2 Å². The van der Waals surface area contributed by atoms with Crippen molar-refractivity contribution in [3.63, 3.8) is 0 Å². The minimum Gasteiger partial charge on any atom is -0.385 e. The molecule has 1 nitrogen and oxygen atoms in total. The van der Waals surface area contributed by atoms with E-state index in [0.717, 1.165) is 0 Å². The lowest BCUT2D eigenvalue weighted by molar-refractivity contribution is 0.0566. The molecule has 2 aromatic rings. The smallest absolute Gasteiger partial charge is 0.145 e. The van der Waals surface area contributed by atoms with Gasteiger partial charge in [-0.2, -0.15) is 0 Å². The Labute approximate surface area is 115 Å². The predicted octanol–water partition coefficient (Wildman–Crippen LogP) is 4.07. The third-order valence-corrected chi connectivity index (χ3v) is 3.32. The quantitative estimate of drug-likeness (QED) is 0.900. The number of halogens is 3. The Balaban J connectivity index is 2.30. The van der Waals surface area contributed by atoms with Crippen LogP contribution in [0.1, 0.15) is 18.1 Å². The average molecular weight is 283 g/mol. The van der Waals surface area contributed by atoms with Gasteiger partial charge in [0, 0.05) is 6.42 Å². The summed E-state index contributed by atoms with van der Waals surface area (Å²) in [4.78, 5) is 0. The molecule has 1 atom stereocenters. The number of aliphatic hydroxyl groups is 1. The highest BCUT2D eigenvalue weighted by Gasteiger charge is 2.25. The Morgan fingerprint density at radius 1 is 1.11 bits per heavy atom. The molecule has 0 saturated heterocycles. The molecule has 0 heterocycles. The van der Waals surface area contributed by atoms with E-state index in [9.17, 15) is 13.9 Å². The topological polar surface area (TPSA) is 20.2 Å². The molecule has 1 unspecified atom stereocenters. The summed E-state index contributed by atoms with van der Waals surface area (Å²) in [5, 5.41) is 10.4. The van der Waals surface area contributed by atoms with Crippen LogP contribution >= 0.6 is 11.6 Å². The highest BCUT2D eigenvalue weighted by Crippen LogP contribution is 2.28. The van der Waals surface area contributed by atoms with Crippen LogP contribution in [0.2, 0.25) is 5.02 Å². The fourth-order valence-corrected chi connectivity index (χ4v) is 2.16. The molecule has 1 N–H and O–H groups in total. The minimum atomic E-state index is -1.29. The van der Waals surface area contributed by atoms with Crippen LogP contribution < -0.4 is 0 Å². The van der Waals surface area contributed by atoms with Crippen molar-refractivity contribution in [1.82, 2.24) is 0 Å². The van der Waals surface area contributed by atoms with Gasteiger partial charge in [0.05, 0.1) is 10.6 Å². The molecule has 0 aliphatic heterocycles. The molecule has 19 heavy (non-hydrogen) atoms. The zero-order chi connectivity index (χ0) is 14.0. The summed E-state index contributed by atoms with van der Waals surface area (Å²) in [6.45, 7) is 1.56. The van der Waals surface area contributed by atoms with E-state index in [1.54, 1.807) is 19.1 Å². The van der Waals surface area contributed by atoms with Crippen molar-refractivity contribution in [2.24, 2.45) is 0 Å². The van der Waals surface area contributed by atoms with Gasteiger partial charge in [0.15, 0.2) is 0 Å². The van der Waals surface area contributed by atoms with Gasteiger partial charge in [-0.3, -0.25) is 0 Å². The summed E-state index contributed by atoms with van der Waals surface area (Å²) in [6, 6.07) is 10.1. The third-order valence-electron chi connectivity index (χ3n) is 3.03. The second-order valence-electron chi connectivity index (χ2n) is 4.67. The van der Waals surface area contributed by atoms with E-state index < -0.39 is 11.4 Å². The Hall–Kier alpha value is -1.45. The van der Waals surface area contributed by atoms with E-state index in [0.29, 0.717) is 11.1 Å². The van der Waals surface area contributed by atoms with E-state index in [-0.39, 0.29) is 17.3 Å². The summed E-state index contributed by atoms with van der Waals surface area (Å²) in [5.41, 5.74) is -0.450. The predicted molar refractivity (Wildman–Crippen MR) is 71.1 cm³/mol. The monoisotopic (exact) mass is 282 g/mol. The zero-order valence-electron chi connectivity index (χ0n) is 10.3. The first-order valence-corrected chi connectivity index (χ1v) is 6.19. The first-order valence-electron chi connectivity index (χ1n) is 5.81. The van der Waals surface area contributed by atoms with Crippen LogP contribution in [0.4, 0.5) is 8.78 Å². The molecule has 0 fully saturated rings. The SMILES string of the molecule is CC(O)(Cc1cccc(Cl)c1F)c1ccc(F)cc1. The van der Waals surface area contributed by atoms with Crippen LogP contribution in [0.3, 0.4) is 0 Å². The zero-order valence-corrected chi connectivity index (χ0v) is 11.1. The van der Waals surface area contributed by atoms with Gasteiger partial charge in [-0.25, -0.2) is 8.78 Å². The van der Waals surface area contributed by atoms with Crippen LogP contribution in [0.5, 0.6) is 0 Å². The van der Waals surface area contributed by atoms with Gasteiger partial charge in [0.1, 0.15) is 11.6 Å². The van der Waals surface area contributed by atoms with Crippen molar-refractivity contribution >= 4 is 11.6 Å². The average Bonchev–Trinajstić information content (AvgIpc) is 2.35. The summed E-state index contributed by atoms with van der Waals surface area (Å²) >= 11 is 5.70. The Morgan fingerprint density at radius 2 is 1.74 bits per heavy atom. The molecule has 0 saturated carbocycles. The maximum absolute atomic E-state index is 13.8. The number of benzene rings is 2. The number of hydrogen-bond acceptors (Lipinski definition) is 1. The van der Waals surface area contributed by atoms with Crippen molar-refractivity contribution in [3.8, 4) is 0 Å². The molecule has 2 aromatic carbocycles. The fourth-order valence-electron chi connectivity index (χ4n) is 1.97. The summed E-state index contributed by atoms with van der Waals surface area (Å²) in [6.07, 6.45) is 0.0605. The second kappa shape index (κ2) is 5.27. The largest absolute Gasteiger partial charge is 0.385 e. The Morgan fingerprint density at radius 3 is 2.37 bits per heavy atom. The molecule has 0 amide bonds. The molecule has 0 aliphatic rings. The van der Waals surface area contributed by atoms with Crippen LogP contribution in [0, 0.1) is 11.6 Å². The number of hydrogen-bond donors (Lipinski definition) is 1. The molecule has 0 bridgehead atoms. The lowest BCUT2D eigenvalue weighted by atomic mass is 9.89. The maximum Gasteiger partial charge on any atom is 0.145 e. The summed E-state index contributed by atoms with van der Waals surface area (Å²) < 4.78 is 26.7. The first kappa shape index (κ1) is 14.0. The number of rotatable bonds is 3. The lowest BCUT2D eigenvalue weighted by Gasteiger charge is -2.24. The lowest BCUT2D eigenvalue weighted by Crippen LogP contribution is -2.24. The van der Waals surface area contributed by atoms with Gasteiger partial charge in [-0.1, -0.05) is 35.9 Å². The van der Waals surface area contributed by atoms with E-state index >= 15 is 0 Å². The van der Waals surface area contributed by atoms with Crippen molar-refractivity contribution < 1.29 is 13.9 Å². The molecule has 0 spiro atoms. The van der Waals surface area contributed by atoms with Gasteiger partial charge in [0.2, 0.25) is 0 Å². The van der Waals surface area contributed by atoms with E-state index in [2.05, 4.69) is 0 Å². The summed E-state index contributed by atoms with van der Waals surface area (Å²) in [7, 11) is 0. The van der Waals surface area contributed by atoms with E-state index in [4.69, 9.17) is 11.6 Å². The third kappa shape index (κ3) is 3.11.